The zero-order chi connectivity index (χ0) is 20.7. The summed E-state index contributed by atoms with van der Waals surface area (Å²) in [6.07, 6.45) is 1.89. The molecule has 1 heterocycles. The van der Waals surface area contributed by atoms with Crippen molar-refractivity contribution in [2.45, 2.75) is 26.3 Å². The molecule has 2 N–H and O–H groups in total. The Kier molecular flexibility index (Phi) is 4.68. The predicted molar refractivity (Wildman–Crippen MR) is 117 cm³/mol. The van der Waals surface area contributed by atoms with Crippen LogP contribution in [0.5, 0.6) is 11.5 Å². The third-order valence-corrected chi connectivity index (χ3v) is 5.74. The van der Waals surface area contributed by atoms with Crippen LogP contribution in [0.4, 0.5) is 11.4 Å². The van der Waals surface area contributed by atoms with Crippen LogP contribution in [0, 0.1) is 12.8 Å². The number of hydrogen-bond acceptors (Lipinski definition) is 4. The first-order valence-electron chi connectivity index (χ1n) is 10.3. The number of amides is 1. The highest BCUT2D eigenvalue weighted by Gasteiger charge is 2.35. The Hall–Kier alpha value is -3.31. The van der Waals surface area contributed by atoms with E-state index in [9.17, 15) is 4.79 Å². The minimum Gasteiger partial charge on any atom is -0.454 e. The summed E-state index contributed by atoms with van der Waals surface area (Å²) in [4.78, 5) is 15.1. The molecule has 1 fully saturated rings. The molecule has 1 saturated carbocycles. The molecule has 3 aromatic carbocycles. The van der Waals surface area contributed by atoms with Gasteiger partial charge in [-0.05, 0) is 66.3 Å². The normalized spacial score (nSPS) is 14.6. The molecule has 0 spiro atoms. The van der Waals surface area contributed by atoms with Crippen LogP contribution in [0.1, 0.15) is 24.0 Å². The minimum atomic E-state index is 0.0870. The van der Waals surface area contributed by atoms with E-state index >= 15 is 0 Å². The van der Waals surface area contributed by atoms with Crippen LogP contribution in [0.15, 0.2) is 60.7 Å². The molecule has 0 atom stereocenters. The van der Waals surface area contributed by atoms with E-state index < -0.39 is 0 Å². The van der Waals surface area contributed by atoms with E-state index in [1.165, 1.54) is 0 Å². The first-order valence-corrected chi connectivity index (χ1v) is 10.3. The Morgan fingerprint density at radius 1 is 0.967 bits per heavy atom. The third-order valence-electron chi connectivity index (χ3n) is 5.74. The second kappa shape index (κ2) is 7.50. The molecule has 0 saturated heterocycles. The van der Waals surface area contributed by atoms with E-state index in [1.54, 1.807) is 0 Å². The van der Waals surface area contributed by atoms with Crippen molar-refractivity contribution in [3.05, 3.63) is 71.8 Å². The van der Waals surface area contributed by atoms with Crippen molar-refractivity contribution in [2.75, 3.05) is 11.7 Å². The van der Waals surface area contributed by atoms with Crippen molar-refractivity contribution in [3.63, 3.8) is 0 Å². The van der Waals surface area contributed by atoms with E-state index in [-0.39, 0.29) is 18.6 Å². The lowest BCUT2D eigenvalue weighted by Gasteiger charge is -2.24. The minimum absolute atomic E-state index is 0.0870. The summed E-state index contributed by atoms with van der Waals surface area (Å²) in [5.41, 5.74) is 11.9. The molecular formula is C25H24N2O3. The molecule has 0 aromatic heterocycles. The first-order chi connectivity index (χ1) is 14.6. The van der Waals surface area contributed by atoms with Gasteiger partial charge in [-0.3, -0.25) is 9.69 Å². The largest absolute Gasteiger partial charge is 0.454 e. The highest BCUT2D eigenvalue weighted by atomic mass is 16.7. The molecule has 1 aliphatic carbocycles. The van der Waals surface area contributed by atoms with Crippen LogP contribution in [0.25, 0.3) is 11.1 Å². The standard InChI is InChI=1S/C25H24N2O3/c1-16-2-9-20(12-22(16)18-5-3-17(14-26)4-6-18)27(25(28)19-7-8-19)21-10-11-23-24(13-21)30-15-29-23/h2-6,9-13,19H,7-8,14-15,26H2,1H3. The lowest BCUT2D eigenvalue weighted by molar-refractivity contribution is -0.119. The van der Waals surface area contributed by atoms with Crippen molar-refractivity contribution in [1.82, 2.24) is 0 Å². The van der Waals surface area contributed by atoms with Crippen molar-refractivity contribution in [3.8, 4) is 22.6 Å². The maximum Gasteiger partial charge on any atom is 0.234 e. The van der Waals surface area contributed by atoms with Gasteiger partial charge in [0.1, 0.15) is 0 Å². The number of carbonyl (C=O) groups is 1. The zero-order valence-electron chi connectivity index (χ0n) is 16.9. The Bertz CT molecular complexity index is 1100. The number of hydrogen-bond donors (Lipinski definition) is 1. The molecule has 1 aliphatic heterocycles. The molecule has 0 radical (unpaired) electrons. The van der Waals surface area contributed by atoms with Gasteiger partial charge in [-0.15, -0.1) is 0 Å². The summed E-state index contributed by atoms with van der Waals surface area (Å²) >= 11 is 0. The summed E-state index contributed by atoms with van der Waals surface area (Å²) in [5.74, 6) is 1.60. The fraction of sp³-hybridized carbons (Fsp3) is 0.240. The number of anilines is 2. The Morgan fingerprint density at radius 3 is 2.40 bits per heavy atom. The lowest BCUT2D eigenvalue weighted by atomic mass is 9.98. The van der Waals surface area contributed by atoms with Crippen molar-refractivity contribution in [2.24, 2.45) is 11.7 Å². The lowest BCUT2D eigenvalue weighted by Crippen LogP contribution is -2.27. The van der Waals surface area contributed by atoms with E-state index in [2.05, 4.69) is 31.2 Å². The number of ether oxygens (including phenoxy) is 2. The molecule has 0 unspecified atom stereocenters. The van der Waals surface area contributed by atoms with E-state index in [1.807, 2.05) is 41.3 Å². The summed E-state index contributed by atoms with van der Waals surface area (Å²) in [6.45, 7) is 2.82. The van der Waals surface area contributed by atoms with Gasteiger partial charge in [0.15, 0.2) is 11.5 Å². The maximum atomic E-state index is 13.3. The SMILES string of the molecule is Cc1ccc(N(C(=O)C2CC2)c2ccc3c(c2)OCO3)cc1-c1ccc(CN)cc1. The summed E-state index contributed by atoms with van der Waals surface area (Å²) in [5, 5.41) is 0. The second-order valence-corrected chi connectivity index (χ2v) is 7.89. The van der Waals surface area contributed by atoms with Gasteiger partial charge in [0.25, 0.3) is 0 Å². The second-order valence-electron chi connectivity index (χ2n) is 7.89. The Morgan fingerprint density at radius 2 is 1.67 bits per heavy atom. The smallest absolute Gasteiger partial charge is 0.234 e. The molecule has 2 aliphatic rings. The third kappa shape index (κ3) is 3.42. The average Bonchev–Trinajstić information content (AvgIpc) is 3.53. The molecule has 5 nitrogen and oxygen atoms in total. The summed E-state index contributed by atoms with van der Waals surface area (Å²) < 4.78 is 11.0. The molecule has 152 valence electrons. The van der Waals surface area contributed by atoms with Gasteiger partial charge in [-0.2, -0.15) is 0 Å². The number of nitrogens with zero attached hydrogens (tertiary/aromatic N) is 1. The van der Waals surface area contributed by atoms with Gasteiger partial charge in [0.05, 0.1) is 5.69 Å². The van der Waals surface area contributed by atoms with Gasteiger partial charge in [0, 0.05) is 24.2 Å². The fourth-order valence-electron chi connectivity index (χ4n) is 3.82. The number of rotatable bonds is 5. The predicted octanol–water partition coefficient (Wildman–Crippen LogP) is 4.92. The number of benzene rings is 3. The van der Waals surface area contributed by atoms with Crippen molar-refractivity contribution in [1.29, 1.82) is 0 Å². The summed E-state index contributed by atoms with van der Waals surface area (Å²) in [6, 6.07) is 20.1. The van der Waals surface area contributed by atoms with Gasteiger partial charge in [0.2, 0.25) is 12.7 Å². The average molecular weight is 400 g/mol. The number of fused-ring (bicyclic) bond motifs is 1. The van der Waals surface area contributed by atoms with Gasteiger partial charge < -0.3 is 15.2 Å². The van der Waals surface area contributed by atoms with E-state index in [0.717, 1.165) is 46.5 Å². The van der Waals surface area contributed by atoms with Crippen LogP contribution >= 0.6 is 0 Å². The molecule has 3 aromatic rings. The van der Waals surface area contributed by atoms with Crippen LogP contribution in [0.3, 0.4) is 0 Å². The number of carbonyl (C=O) groups excluding carboxylic acids is 1. The highest BCUT2D eigenvalue weighted by Crippen LogP contribution is 2.42. The van der Waals surface area contributed by atoms with Gasteiger partial charge >= 0.3 is 0 Å². The molecule has 5 rings (SSSR count). The Balaban J connectivity index is 1.58. The maximum absolute atomic E-state index is 13.3. The number of nitrogens with two attached hydrogens (primary N) is 1. The quantitative estimate of drug-likeness (QED) is 0.660. The molecular weight excluding hydrogens is 376 g/mol. The van der Waals surface area contributed by atoms with Crippen LogP contribution in [-0.4, -0.2) is 12.7 Å². The van der Waals surface area contributed by atoms with Crippen LogP contribution in [0.2, 0.25) is 0 Å². The molecule has 1 amide bonds. The van der Waals surface area contributed by atoms with Crippen LogP contribution < -0.4 is 20.1 Å². The fourth-order valence-corrected chi connectivity index (χ4v) is 3.82. The van der Waals surface area contributed by atoms with Gasteiger partial charge in [-0.25, -0.2) is 0 Å². The summed E-state index contributed by atoms with van der Waals surface area (Å²) in [7, 11) is 0. The zero-order valence-corrected chi connectivity index (χ0v) is 16.9. The monoisotopic (exact) mass is 400 g/mol. The molecule has 30 heavy (non-hydrogen) atoms. The highest BCUT2D eigenvalue weighted by molar-refractivity contribution is 6.03. The molecule has 0 bridgehead atoms. The van der Waals surface area contributed by atoms with Crippen molar-refractivity contribution < 1.29 is 14.3 Å². The van der Waals surface area contributed by atoms with Crippen molar-refractivity contribution >= 4 is 17.3 Å². The van der Waals surface area contributed by atoms with Crippen LogP contribution in [-0.2, 0) is 11.3 Å². The topological polar surface area (TPSA) is 64.8 Å². The first kappa shape index (κ1) is 18.7. The Labute approximate surface area is 176 Å². The number of aryl methyl sites for hydroxylation is 1. The van der Waals surface area contributed by atoms with Gasteiger partial charge in [-0.1, -0.05) is 30.3 Å². The van der Waals surface area contributed by atoms with E-state index in [0.29, 0.717) is 18.0 Å². The van der Waals surface area contributed by atoms with E-state index in [4.69, 9.17) is 15.2 Å². The molecule has 5 heteroatoms.